The number of nitrogens with zero attached hydrogens (tertiary/aromatic N) is 1. The molecule has 1 heterocycles. The highest BCUT2D eigenvalue weighted by Gasteiger charge is 2.27. The lowest BCUT2D eigenvalue weighted by Crippen LogP contribution is -2.38. The maximum Gasteiger partial charge on any atom is 0.177 e. The van der Waals surface area contributed by atoms with Crippen LogP contribution in [0.5, 0.6) is 0 Å². The molecule has 0 aliphatic carbocycles. The van der Waals surface area contributed by atoms with Crippen LogP contribution in [0.15, 0.2) is 29.2 Å². The quantitative estimate of drug-likeness (QED) is 0.816. The predicted octanol–water partition coefficient (Wildman–Crippen LogP) is 2.06. The average Bonchev–Trinajstić information content (AvgIpc) is 2.86. The van der Waals surface area contributed by atoms with Gasteiger partial charge in [0.05, 0.1) is 10.6 Å². The van der Waals surface area contributed by atoms with Crippen LogP contribution in [-0.2, 0) is 9.84 Å². The van der Waals surface area contributed by atoms with Crippen molar-refractivity contribution in [3.63, 3.8) is 0 Å². The zero-order valence-corrected chi connectivity index (χ0v) is 13.1. The van der Waals surface area contributed by atoms with Crippen molar-refractivity contribution in [3.05, 3.63) is 24.3 Å². The maximum atomic E-state index is 11.9. The standard InChI is InChI=1S/C15H24N2O2S/c1-3-10-16-12-13-7-6-11-17(13)14-8-4-5-9-15(14)20(2,18)19/h4-5,8-9,13,16H,3,6-7,10-12H2,1-2H3. The third-order valence-corrected chi connectivity index (χ3v) is 4.90. The van der Waals surface area contributed by atoms with Crippen molar-refractivity contribution in [2.24, 2.45) is 0 Å². The summed E-state index contributed by atoms with van der Waals surface area (Å²) in [5, 5.41) is 3.44. The number of hydrogen-bond acceptors (Lipinski definition) is 4. The zero-order chi connectivity index (χ0) is 14.6. The molecule has 1 aromatic rings. The molecule has 0 spiro atoms. The van der Waals surface area contributed by atoms with Gasteiger partial charge >= 0.3 is 0 Å². The molecule has 1 atom stereocenters. The summed E-state index contributed by atoms with van der Waals surface area (Å²) in [6.07, 6.45) is 4.64. The molecule has 0 saturated carbocycles. The Kier molecular flexibility index (Phi) is 5.05. The first kappa shape index (κ1) is 15.3. The summed E-state index contributed by atoms with van der Waals surface area (Å²) < 4.78 is 23.9. The molecule has 1 saturated heterocycles. The molecule has 1 fully saturated rings. The van der Waals surface area contributed by atoms with Crippen LogP contribution < -0.4 is 10.2 Å². The molecule has 4 nitrogen and oxygen atoms in total. The van der Waals surface area contributed by atoms with E-state index in [1.807, 2.05) is 12.1 Å². The van der Waals surface area contributed by atoms with Crippen molar-refractivity contribution < 1.29 is 8.42 Å². The summed E-state index contributed by atoms with van der Waals surface area (Å²) in [6.45, 7) is 5.02. The predicted molar refractivity (Wildman–Crippen MR) is 83.1 cm³/mol. The topological polar surface area (TPSA) is 49.4 Å². The van der Waals surface area contributed by atoms with E-state index in [-0.39, 0.29) is 0 Å². The molecular weight excluding hydrogens is 272 g/mol. The van der Waals surface area contributed by atoms with Gasteiger partial charge in [-0.25, -0.2) is 8.42 Å². The highest BCUT2D eigenvalue weighted by atomic mass is 32.2. The molecule has 20 heavy (non-hydrogen) atoms. The van der Waals surface area contributed by atoms with Crippen molar-refractivity contribution in [1.82, 2.24) is 5.32 Å². The van der Waals surface area contributed by atoms with Crippen molar-refractivity contribution in [2.75, 3.05) is 30.8 Å². The first-order valence-electron chi connectivity index (χ1n) is 7.30. The lowest BCUT2D eigenvalue weighted by Gasteiger charge is -2.28. The van der Waals surface area contributed by atoms with Crippen LogP contribution in [0.4, 0.5) is 5.69 Å². The molecule has 1 aliphatic rings. The van der Waals surface area contributed by atoms with Crippen molar-refractivity contribution in [1.29, 1.82) is 0 Å². The van der Waals surface area contributed by atoms with Crippen molar-refractivity contribution in [2.45, 2.75) is 37.1 Å². The normalized spacial score (nSPS) is 19.5. The van der Waals surface area contributed by atoms with Gasteiger partial charge in [0.2, 0.25) is 0 Å². The van der Waals surface area contributed by atoms with Crippen LogP contribution in [0.2, 0.25) is 0 Å². The molecule has 2 rings (SSSR count). The van der Waals surface area contributed by atoms with E-state index in [2.05, 4.69) is 17.1 Å². The summed E-state index contributed by atoms with van der Waals surface area (Å²) in [6, 6.07) is 7.73. The van der Waals surface area contributed by atoms with Crippen molar-refractivity contribution in [3.8, 4) is 0 Å². The minimum atomic E-state index is -3.18. The number of benzene rings is 1. The first-order valence-corrected chi connectivity index (χ1v) is 9.19. The second kappa shape index (κ2) is 6.59. The summed E-state index contributed by atoms with van der Waals surface area (Å²) in [7, 11) is -3.18. The number of anilines is 1. The number of sulfone groups is 1. The smallest absolute Gasteiger partial charge is 0.177 e. The molecular formula is C15H24N2O2S. The molecule has 5 heteroatoms. The Hall–Kier alpha value is -1.07. The van der Waals surface area contributed by atoms with Crippen LogP contribution in [0, 0.1) is 0 Å². The third kappa shape index (κ3) is 3.52. The summed E-state index contributed by atoms with van der Waals surface area (Å²) >= 11 is 0. The Morgan fingerprint density at radius 2 is 2.10 bits per heavy atom. The molecule has 0 radical (unpaired) electrons. The van der Waals surface area contributed by atoms with E-state index in [0.29, 0.717) is 10.9 Å². The van der Waals surface area contributed by atoms with E-state index in [4.69, 9.17) is 0 Å². The van der Waals surface area contributed by atoms with E-state index in [9.17, 15) is 8.42 Å². The highest BCUT2D eigenvalue weighted by molar-refractivity contribution is 7.90. The largest absolute Gasteiger partial charge is 0.366 e. The van der Waals surface area contributed by atoms with Gasteiger partial charge in [0.1, 0.15) is 0 Å². The van der Waals surface area contributed by atoms with Gasteiger partial charge in [-0.2, -0.15) is 0 Å². The molecule has 1 aromatic carbocycles. The fourth-order valence-corrected chi connectivity index (χ4v) is 3.71. The van der Waals surface area contributed by atoms with Gasteiger partial charge in [0.25, 0.3) is 0 Å². The Balaban J connectivity index is 2.22. The third-order valence-electron chi connectivity index (χ3n) is 3.76. The van der Waals surface area contributed by atoms with E-state index >= 15 is 0 Å². The van der Waals surface area contributed by atoms with E-state index < -0.39 is 9.84 Å². The molecule has 0 amide bonds. The van der Waals surface area contributed by atoms with E-state index in [1.54, 1.807) is 12.1 Å². The van der Waals surface area contributed by atoms with E-state index in [1.165, 1.54) is 6.26 Å². The van der Waals surface area contributed by atoms with Crippen LogP contribution in [0.3, 0.4) is 0 Å². The Morgan fingerprint density at radius 1 is 1.35 bits per heavy atom. The van der Waals surface area contributed by atoms with Gasteiger partial charge < -0.3 is 10.2 Å². The van der Waals surface area contributed by atoms with Gasteiger partial charge in [-0.05, 0) is 37.9 Å². The van der Waals surface area contributed by atoms with Gasteiger partial charge in [0, 0.05) is 25.4 Å². The monoisotopic (exact) mass is 296 g/mol. The van der Waals surface area contributed by atoms with Crippen LogP contribution in [0.25, 0.3) is 0 Å². The van der Waals surface area contributed by atoms with Crippen LogP contribution in [-0.4, -0.2) is 40.3 Å². The Bertz CT molecular complexity index is 543. The molecule has 1 unspecified atom stereocenters. The highest BCUT2D eigenvalue weighted by Crippen LogP contribution is 2.31. The number of para-hydroxylation sites is 1. The van der Waals surface area contributed by atoms with Crippen LogP contribution in [0.1, 0.15) is 26.2 Å². The van der Waals surface area contributed by atoms with E-state index in [0.717, 1.165) is 44.6 Å². The van der Waals surface area contributed by atoms with Gasteiger partial charge in [-0.15, -0.1) is 0 Å². The lowest BCUT2D eigenvalue weighted by atomic mass is 10.2. The number of rotatable bonds is 6. The minimum Gasteiger partial charge on any atom is -0.366 e. The average molecular weight is 296 g/mol. The fraction of sp³-hybridized carbons (Fsp3) is 0.600. The zero-order valence-electron chi connectivity index (χ0n) is 12.3. The van der Waals surface area contributed by atoms with Gasteiger partial charge in [-0.3, -0.25) is 0 Å². The second-order valence-electron chi connectivity index (χ2n) is 5.43. The van der Waals surface area contributed by atoms with Gasteiger partial charge in [0.15, 0.2) is 9.84 Å². The SMILES string of the molecule is CCCNCC1CCCN1c1ccccc1S(C)(=O)=O. The maximum absolute atomic E-state index is 11.9. The summed E-state index contributed by atoms with van der Waals surface area (Å²) in [5.41, 5.74) is 0.857. The molecule has 0 bridgehead atoms. The van der Waals surface area contributed by atoms with Crippen LogP contribution >= 0.6 is 0 Å². The van der Waals surface area contributed by atoms with Gasteiger partial charge in [-0.1, -0.05) is 19.1 Å². The number of nitrogens with one attached hydrogen (secondary N) is 1. The first-order chi connectivity index (χ1) is 9.54. The second-order valence-corrected chi connectivity index (χ2v) is 7.42. The lowest BCUT2D eigenvalue weighted by molar-refractivity contribution is 0.568. The Labute approximate surface area is 122 Å². The Morgan fingerprint density at radius 3 is 2.80 bits per heavy atom. The molecule has 1 N–H and O–H groups in total. The summed E-state index contributed by atoms with van der Waals surface area (Å²) in [5.74, 6) is 0. The molecule has 1 aliphatic heterocycles. The summed E-state index contributed by atoms with van der Waals surface area (Å²) in [4.78, 5) is 2.70. The molecule has 0 aromatic heterocycles. The number of hydrogen-bond donors (Lipinski definition) is 1. The fourth-order valence-electron chi connectivity index (χ4n) is 2.82. The molecule has 112 valence electrons. The van der Waals surface area contributed by atoms with Crippen molar-refractivity contribution >= 4 is 15.5 Å². The minimum absolute atomic E-state index is 0.393.